The number of nitrogens with zero attached hydrogens (tertiary/aromatic N) is 3. The molecule has 0 spiro atoms. The van der Waals surface area contributed by atoms with Gasteiger partial charge in [0.25, 0.3) is 0 Å². The van der Waals surface area contributed by atoms with Crippen molar-refractivity contribution in [3.63, 3.8) is 0 Å². The largest absolute Gasteiger partial charge is 0.391 e. The minimum absolute atomic E-state index is 0.106. The van der Waals surface area contributed by atoms with Gasteiger partial charge in [-0.15, -0.1) is 5.10 Å². The molecule has 15 heavy (non-hydrogen) atoms. The normalized spacial score (nSPS) is 11.0. The summed E-state index contributed by atoms with van der Waals surface area (Å²) in [6, 6.07) is 7.74. The number of anilines is 1. The van der Waals surface area contributed by atoms with E-state index in [4.69, 9.17) is 5.11 Å². The lowest BCUT2D eigenvalue weighted by Crippen LogP contribution is -1.96. The summed E-state index contributed by atoms with van der Waals surface area (Å²) >= 11 is 0. The Morgan fingerprint density at radius 1 is 1.40 bits per heavy atom. The Kier molecular flexibility index (Phi) is 2.85. The highest BCUT2D eigenvalue weighted by Gasteiger charge is 1.99. The Balaban J connectivity index is 2.38. The number of aromatic nitrogens is 2. The van der Waals surface area contributed by atoms with Gasteiger partial charge < -0.3 is 5.11 Å². The van der Waals surface area contributed by atoms with Crippen molar-refractivity contribution in [1.29, 1.82) is 0 Å². The second-order valence-corrected chi connectivity index (χ2v) is 2.89. The molecular formula is C10H10N4O. The summed E-state index contributed by atoms with van der Waals surface area (Å²) in [7, 11) is 0. The van der Waals surface area contributed by atoms with E-state index in [1.807, 2.05) is 24.3 Å². The topological polar surface area (TPSA) is 70.4 Å². The van der Waals surface area contributed by atoms with Crippen LogP contribution < -0.4 is 5.43 Å². The molecule has 76 valence electrons. The molecule has 0 saturated carbocycles. The average Bonchev–Trinajstić information content (AvgIpc) is 2.30. The van der Waals surface area contributed by atoms with Crippen molar-refractivity contribution in [2.75, 3.05) is 12.0 Å². The molecule has 5 nitrogen and oxygen atoms in total. The summed E-state index contributed by atoms with van der Waals surface area (Å²) in [5, 5.41) is 22.0. The Labute approximate surface area is 86.5 Å². The summed E-state index contributed by atoms with van der Waals surface area (Å²) in [6.07, 6.45) is 3.04. The number of aliphatic hydroxyl groups is 1. The van der Waals surface area contributed by atoms with E-state index < -0.39 is 0 Å². The molecule has 5 heteroatoms. The number of rotatable bonds is 3. The first kappa shape index (κ1) is 9.54. The molecule has 1 aromatic carbocycles. The predicted octanol–water partition coefficient (Wildman–Crippen LogP) is 1.02. The second kappa shape index (κ2) is 4.47. The molecule has 0 radical (unpaired) electrons. The van der Waals surface area contributed by atoms with Gasteiger partial charge in [-0.05, 0) is 0 Å². The van der Waals surface area contributed by atoms with Crippen LogP contribution in [0, 0.1) is 0 Å². The fraction of sp³-hybridized carbons (Fsp3) is 0.100. The molecule has 0 unspecified atom stereocenters. The van der Waals surface area contributed by atoms with Crippen LogP contribution in [-0.2, 0) is 0 Å². The summed E-state index contributed by atoms with van der Waals surface area (Å²) in [6.45, 7) is -0.106. The number of hydrazone groups is 1. The van der Waals surface area contributed by atoms with Crippen molar-refractivity contribution in [2.24, 2.45) is 5.10 Å². The van der Waals surface area contributed by atoms with Crippen LogP contribution in [-0.4, -0.2) is 28.1 Å². The maximum absolute atomic E-state index is 8.53. The summed E-state index contributed by atoms with van der Waals surface area (Å²) in [5.74, 6) is 0.581. The zero-order valence-electron chi connectivity index (χ0n) is 7.96. The van der Waals surface area contributed by atoms with Gasteiger partial charge in [0.1, 0.15) is 0 Å². The molecule has 1 aromatic heterocycles. The van der Waals surface area contributed by atoms with Gasteiger partial charge >= 0.3 is 0 Å². The van der Waals surface area contributed by atoms with Gasteiger partial charge in [0.05, 0.1) is 19.0 Å². The number of benzene rings is 1. The second-order valence-electron chi connectivity index (χ2n) is 2.89. The third-order valence-electron chi connectivity index (χ3n) is 1.91. The van der Waals surface area contributed by atoms with Crippen LogP contribution >= 0.6 is 0 Å². The van der Waals surface area contributed by atoms with Gasteiger partial charge in [-0.3, -0.25) is 5.43 Å². The summed E-state index contributed by atoms with van der Waals surface area (Å²) in [5.41, 5.74) is 2.72. The third-order valence-corrected chi connectivity index (χ3v) is 1.91. The lowest BCUT2D eigenvalue weighted by Gasteiger charge is -2.02. The van der Waals surface area contributed by atoms with E-state index in [1.54, 1.807) is 6.20 Å². The minimum Gasteiger partial charge on any atom is -0.391 e. The van der Waals surface area contributed by atoms with E-state index in [-0.39, 0.29) is 6.61 Å². The smallest absolute Gasteiger partial charge is 0.176 e. The quantitative estimate of drug-likeness (QED) is 0.576. The fourth-order valence-electron chi connectivity index (χ4n) is 1.26. The van der Waals surface area contributed by atoms with Gasteiger partial charge in [-0.25, -0.2) is 0 Å². The molecule has 2 aromatic rings. The highest BCUT2D eigenvalue weighted by atomic mass is 16.3. The molecule has 0 amide bonds. The first-order valence-electron chi connectivity index (χ1n) is 4.50. The molecule has 1 heterocycles. The van der Waals surface area contributed by atoms with Gasteiger partial charge in [0.2, 0.25) is 0 Å². The van der Waals surface area contributed by atoms with E-state index in [1.165, 1.54) is 6.21 Å². The van der Waals surface area contributed by atoms with E-state index in [2.05, 4.69) is 20.7 Å². The highest BCUT2D eigenvalue weighted by Crippen LogP contribution is 2.18. The van der Waals surface area contributed by atoms with E-state index >= 15 is 0 Å². The molecule has 0 saturated heterocycles. The Bertz CT molecular complexity index is 478. The van der Waals surface area contributed by atoms with Crippen molar-refractivity contribution >= 4 is 22.8 Å². The van der Waals surface area contributed by atoms with Crippen LogP contribution in [0.15, 0.2) is 35.6 Å². The zero-order valence-corrected chi connectivity index (χ0v) is 7.96. The van der Waals surface area contributed by atoms with Crippen LogP contribution in [0.2, 0.25) is 0 Å². The van der Waals surface area contributed by atoms with Crippen LogP contribution in [0.3, 0.4) is 0 Å². The Morgan fingerprint density at radius 3 is 3.13 bits per heavy atom. The van der Waals surface area contributed by atoms with Crippen LogP contribution in [0.5, 0.6) is 0 Å². The van der Waals surface area contributed by atoms with Gasteiger partial charge in [-0.1, -0.05) is 24.3 Å². The Morgan fingerprint density at radius 2 is 2.27 bits per heavy atom. The molecule has 0 aliphatic heterocycles. The van der Waals surface area contributed by atoms with Gasteiger partial charge in [0.15, 0.2) is 5.82 Å². The maximum atomic E-state index is 8.53. The lowest BCUT2D eigenvalue weighted by molar-refractivity contribution is 0.361. The van der Waals surface area contributed by atoms with Crippen molar-refractivity contribution < 1.29 is 5.11 Å². The SMILES string of the molecule is OC/C=N/Nc1nncc2ccccc12. The van der Waals surface area contributed by atoms with Crippen LogP contribution in [0.4, 0.5) is 5.82 Å². The molecule has 2 N–H and O–H groups in total. The molecule has 0 fully saturated rings. The van der Waals surface area contributed by atoms with Crippen molar-refractivity contribution in [3.8, 4) is 0 Å². The first-order chi connectivity index (χ1) is 7.42. The summed E-state index contributed by atoms with van der Waals surface area (Å²) in [4.78, 5) is 0. The number of aliphatic hydroxyl groups excluding tert-OH is 1. The van der Waals surface area contributed by atoms with Gasteiger partial charge in [0, 0.05) is 10.8 Å². The van der Waals surface area contributed by atoms with Crippen LogP contribution in [0.1, 0.15) is 0 Å². The first-order valence-corrected chi connectivity index (χ1v) is 4.50. The molecular weight excluding hydrogens is 192 g/mol. The standard InChI is InChI=1S/C10H10N4O/c15-6-5-11-13-10-9-4-2-1-3-8(9)7-12-14-10/h1-5,7,15H,6H2,(H,13,14)/b11-5+. The fourth-order valence-corrected chi connectivity index (χ4v) is 1.26. The monoisotopic (exact) mass is 202 g/mol. The summed E-state index contributed by atoms with van der Waals surface area (Å²) < 4.78 is 0. The van der Waals surface area contributed by atoms with Crippen molar-refractivity contribution in [2.45, 2.75) is 0 Å². The number of nitrogens with one attached hydrogen (secondary N) is 1. The number of fused-ring (bicyclic) bond motifs is 1. The molecule has 0 aliphatic rings. The molecule has 0 bridgehead atoms. The highest BCUT2D eigenvalue weighted by molar-refractivity contribution is 5.90. The van der Waals surface area contributed by atoms with E-state index in [0.717, 1.165) is 10.8 Å². The van der Waals surface area contributed by atoms with Crippen molar-refractivity contribution in [1.82, 2.24) is 10.2 Å². The maximum Gasteiger partial charge on any atom is 0.176 e. The van der Waals surface area contributed by atoms with Crippen LogP contribution in [0.25, 0.3) is 10.8 Å². The minimum atomic E-state index is -0.106. The van der Waals surface area contributed by atoms with Crippen molar-refractivity contribution in [3.05, 3.63) is 30.5 Å². The number of hydrogen-bond donors (Lipinski definition) is 2. The number of hydrogen-bond acceptors (Lipinski definition) is 5. The molecule has 2 rings (SSSR count). The predicted molar refractivity (Wildman–Crippen MR) is 58.7 cm³/mol. The lowest BCUT2D eigenvalue weighted by atomic mass is 10.2. The average molecular weight is 202 g/mol. The van der Waals surface area contributed by atoms with Gasteiger partial charge in [-0.2, -0.15) is 10.2 Å². The Hall–Kier alpha value is -2.01. The zero-order chi connectivity index (χ0) is 10.5. The molecule has 0 aliphatic carbocycles. The van der Waals surface area contributed by atoms with E-state index in [0.29, 0.717) is 5.82 Å². The molecule has 0 atom stereocenters. The third kappa shape index (κ3) is 2.08. The van der Waals surface area contributed by atoms with E-state index in [9.17, 15) is 0 Å².